The van der Waals surface area contributed by atoms with Gasteiger partial charge in [-0.15, -0.1) is 0 Å². The molecule has 0 bridgehead atoms. The minimum absolute atomic E-state index is 0.0607. The number of nitrogens with zero attached hydrogens (tertiary/aromatic N) is 1. The van der Waals surface area contributed by atoms with Crippen LogP contribution < -0.4 is 0 Å². The number of rotatable bonds is 2. The van der Waals surface area contributed by atoms with Crippen molar-refractivity contribution in [3.05, 3.63) is 29.6 Å². The van der Waals surface area contributed by atoms with Gasteiger partial charge in [0.05, 0.1) is 0 Å². The van der Waals surface area contributed by atoms with Gasteiger partial charge < -0.3 is 5.11 Å². The average Bonchev–Trinajstić information content (AvgIpc) is 2.33. The fourth-order valence-electron chi connectivity index (χ4n) is 3.32. The standard InChI is InChI=1S/C16H24FNO/c1-10-7-11(2)12(3)18(9-10)13(4)15-6-5-14(17)8-16(15)19/h5-6,8,10-13,19H,7,9H2,1-4H3. The van der Waals surface area contributed by atoms with Crippen LogP contribution in [0.2, 0.25) is 0 Å². The summed E-state index contributed by atoms with van der Waals surface area (Å²) in [4.78, 5) is 2.42. The first kappa shape index (κ1) is 14.3. The van der Waals surface area contributed by atoms with Crippen LogP contribution in [0.1, 0.15) is 45.7 Å². The van der Waals surface area contributed by atoms with Crippen LogP contribution in [-0.4, -0.2) is 22.6 Å². The second kappa shape index (κ2) is 5.49. The highest BCUT2D eigenvalue weighted by Crippen LogP contribution is 2.36. The summed E-state index contributed by atoms with van der Waals surface area (Å²) in [6.07, 6.45) is 1.25. The molecule has 4 unspecified atom stereocenters. The Morgan fingerprint density at radius 2 is 2.00 bits per heavy atom. The van der Waals surface area contributed by atoms with Crippen LogP contribution in [-0.2, 0) is 0 Å². The lowest BCUT2D eigenvalue weighted by atomic mass is 9.84. The Labute approximate surface area is 115 Å². The van der Waals surface area contributed by atoms with Gasteiger partial charge in [-0.25, -0.2) is 4.39 Å². The summed E-state index contributed by atoms with van der Waals surface area (Å²) in [7, 11) is 0. The van der Waals surface area contributed by atoms with Crippen molar-refractivity contribution in [3.8, 4) is 5.75 Å². The van der Waals surface area contributed by atoms with Crippen molar-refractivity contribution in [2.75, 3.05) is 6.54 Å². The molecule has 0 aromatic heterocycles. The highest BCUT2D eigenvalue weighted by atomic mass is 19.1. The van der Waals surface area contributed by atoms with E-state index in [1.807, 2.05) is 0 Å². The Kier molecular flexibility index (Phi) is 4.14. The van der Waals surface area contributed by atoms with Crippen LogP contribution in [0.5, 0.6) is 5.75 Å². The van der Waals surface area contributed by atoms with Crippen molar-refractivity contribution in [1.29, 1.82) is 0 Å². The van der Waals surface area contributed by atoms with Crippen molar-refractivity contribution in [2.24, 2.45) is 11.8 Å². The Morgan fingerprint density at radius 3 is 2.63 bits per heavy atom. The second-order valence-corrected chi connectivity index (χ2v) is 6.13. The number of likely N-dealkylation sites (tertiary alicyclic amines) is 1. The van der Waals surface area contributed by atoms with Crippen molar-refractivity contribution in [2.45, 2.75) is 46.2 Å². The van der Waals surface area contributed by atoms with E-state index in [4.69, 9.17) is 0 Å². The van der Waals surface area contributed by atoms with Crippen molar-refractivity contribution in [3.63, 3.8) is 0 Å². The van der Waals surface area contributed by atoms with Gasteiger partial charge >= 0.3 is 0 Å². The zero-order valence-corrected chi connectivity index (χ0v) is 12.2. The molecule has 0 aliphatic carbocycles. The largest absolute Gasteiger partial charge is 0.508 e. The molecule has 1 aliphatic heterocycles. The van der Waals surface area contributed by atoms with Gasteiger partial charge in [-0.1, -0.05) is 19.9 Å². The normalized spacial score (nSPS) is 30.3. The molecule has 1 aromatic rings. The third-order valence-electron chi connectivity index (χ3n) is 4.58. The molecule has 1 aromatic carbocycles. The molecular formula is C16H24FNO. The van der Waals surface area contributed by atoms with Gasteiger partial charge in [0.1, 0.15) is 11.6 Å². The van der Waals surface area contributed by atoms with Gasteiger partial charge in [0.25, 0.3) is 0 Å². The lowest BCUT2D eigenvalue weighted by molar-refractivity contribution is 0.0452. The Balaban J connectivity index is 2.24. The minimum atomic E-state index is -0.387. The van der Waals surface area contributed by atoms with Crippen LogP contribution in [0.3, 0.4) is 0 Å². The van der Waals surface area contributed by atoms with Crippen molar-refractivity contribution < 1.29 is 9.50 Å². The van der Waals surface area contributed by atoms with E-state index in [9.17, 15) is 9.50 Å². The molecule has 106 valence electrons. The van der Waals surface area contributed by atoms with Crippen LogP contribution in [0, 0.1) is 17.7 Å². The number of hydrogen-bond acceptors (Lipinski definition) is 2. The minimum Gasteiger partial charge on any atom is -0.508 e. The molecule has 1 fully saturated rings. The monoisotopic (exact) mass is 265 g/mol. The van der Waals surface area contributed by atoms with Gasteiger partial charge in [-0.2, -0.15) is 0 Å². The molecule has 2 nitrogen and oxygen atoms in total. The second-order valence-electron chi connectivity index (χ2n) is 6.13. The van der Waals surface area contributed by atoms with E-state index in [1.165, 1.54) is 18.6 Å². The number of hydrogen-bond donors (Lipinski definition) is 1. The quantitative estimate of drug-likeness (QED) is 0.875. The lowest BCUT2D eigenvalue weighted by Gasteiger charge is -2.44. The molecule has 0 saturated carbocycles. The van der Waals surface area contributed by atoms with E-state index >= 15 is 0 Å². The smallest absolute Gasteiger partial charge is 0.126 e. The van der Waals surface area contributed by atoms with Gasteiger partial charge in [0.2, 0.25) is 0 Å². The van der Waals surface area contributed by atoms with E-state index in [1.54, 1.807) is 6.07 Å². The molecule has 0 radical (unpaired) electrons. The summed E-state index contributed by atoms with van der Waals surface area (Å²) < 4.78 is 13.1. The number of aromatic hydroxyl groups is 1. The van der Waals surface area contributed by atoms with Gasteiger partial charge in [-0.05, 0) is 38.2 Å². The van der Waals surface area contributed by atoms with Gasteiger partial charge in [0, 0.05) is 30.3 Å². The Hall–Kier alpha value is -1.09. The summed E-state index contributed by atoms with van der Waals surface area (Å²) in [5.74, 6) is 0.984. The SMILES string of the molecule is CC1CC(C)C(C)N(C(C)c2ccc(F)cc2O)C1. The molecular weight excluding hydrogens is 241 g/mol. The fourth-order valence-corrected chi connectivity index (χ4v) is 3.32. The summed E-state index contributed by atoms with van der Waals surface area (Å²) in [5.41, 5.74) is 0.814. The van der Waals surface area contributed by atoms with E-state index in [-0.39, 0.29) is 17.6 Å². The maximum absolute atomic E-state index is 13.1. The third kappa shape index (κ3) is 2.92. The van der Waals surface area contributed by atoms with Crippen LogP contribution in [0.4, 0.5) is 4.39 Å². The molecule has 0 spiro atoms. The molecule has 1 N–H and O–H groups in total. The van der Waals surface area contributed by atoms with Crippen LogP contribution >= 0.6 is 0 Å². The molecule has 2 rings (SSSR count). The first-order valence-corrected chi connectivity index (χ1v) is 7.14. The van der Waals surface area contributed by atoms with E-state index in [0.717, 1.165) is 12.1 Å². The van der Waals surface area contributed by atoms with Crippen molar-refractivity contribution in [1.82, 2.24) is 4.90 Å². The number of benzene rings is 1. The highest BCUT2D eigenvalue weighted by Gasteiger charge is 2.32. The number of halogens is 1. The van der Waals surface area contributed by atoms with Gasteiger partial charge in [0.15, 0.2) is 0 Å². The first-order valence-electron chi connectivity index (χ1n) is 7.14. The maximum Gasteiger partial charge on any atom is 0.126 e. The Morgan fingerprint density at radius 1 is 1.32 bits per heavy atom. The topological polar surface area (TPSA) is 23.5 Å². The fraction of sp³-hybridized carbons (Fsp3) is 0.625. The molecule has 19 heavy (non-hydrogen) atoms. The molecule has 3 heteroatoms. The van der Waals surface area contributed by atoms with Gasteiger partial charge in [-0.3, -0.25) is 4.90 Å². The maximum atomic E-state index is 13.1. The average molecular weight is 265 g/mol. The van der Waals surface area contributed by atoms with Crippen LogP contribution in [0.15, 0.2) is 18.2 Å². The molecule has 1 heterocycles. The number of phenols is 1. The number of phenolic OH excluding ortho intramolecular Hbond substituents is 1. The summed E-state index contributed by atoms with van der Waals surface area (Å²) in [6.45, 7) is 9.92. The van der Waals surface area contributed by atoms with E-state index in [2.05, 4.69) is 32.6 Å². The lowest BCUT2D eigenvalue weighted by Crippen LogP contribution is -2.46. The summed E-state index contributed by atoms with van der Waals surface area (Å²) in [6, 6.07) is 4.92. The van der Waals surface area contributed by atoms with E-state index < -0.39 is 0 Å². The number of piperidine rings is 1. The molecule has 1 saturated heterocycles. The third-order valence-corrected chi connectivity index (χ3v) is 4.58. The Bertz CT molecular complexity index is 448. The predicted molar refractivity (Wildman–Crippen MR) is 75.6 cm³/mol. The molecule has 0 amide bonds. The molecule has 1 aliphatic rings. The summed E-state index contributed by atoms with van der Waals surface area (Å²) >= 11 is 0. The highest BCUT2D eigenvalue weighted by molar-refractivity contribution is 5.35. The molecule has 4 atom stereocenters. The van der Waals surface area contributed by atoms with Crippen molar-refractivity contribution >= 4 is 0 Å². The predicted octanol–water partition coefficient (Wildman–Crippen LogP) is 3.96. The first-order chi connectivity index (χ1) is 8.90. The zero-order chi connectivity index (χ0) is 14.2. The summed E-state index contributed by atoms with van der Waals surface area (Å²) in [5, 5.41) is 9.94. The van der Waals surface area contributed by atoms with E-state index in [0.29, 0.717) is 17.9 Å². The zero-order valence-electron chi connectivity index (χ0n) is 12.2. The van der Waals surface area contributed by atoms with Crippen LogP contribution in [0.25, 0.3) is 0 Å².